The van der Waals surface area contributed by atoms with Gasteiger partial charge in [-0.25, -0.2) is 0 Å². The van der Waals surface area contributed by atoms with E-state index in [4.69, 9.17) is 29.0 Å². The summed E-state index contributed by atoms with van der Waals surface area (Å²) in [6.07, 6.45) is 5.87. The predicted octanol–water partition coefficient (Wildman–Crippen LogP) is 4.83. The summed E-state index contributed by atoms with van der Waals surface area (Å²) in [5.74, 6) is 8.07. The van der Waals surface area contributed by atoms with Crippen LogP contribution in [0.2, 0.25) is 10.0 Å². The maximum absolute atomic E-state index is 6.28. The van der Waals surface area contributed by atoms with Crippen molar-refractivity contribution in [3.05, 3.63) is 33.8 Å². The number of hydrogen-bond acceptors (Lipinski definition) is 2. The van der Waals surface area contributed by atoms with Crippen molar-refractivity contribution in [3.63, 3.8) is 0 Å². The van der Waals surface area contributed by atoms with Crippen LogP contribution in [0.3, 0.4) is 0 Å². The molecule has 0 saturated heterocycles. The van der Waals surface area contributed by atoms with Crippen LogP contribution in [-0.4, -0.2) is 6.04 Å². The van der Waals surface area contributed by atoms with Crippen molar-refractivity contribution in [1.82, 2.24) is 5.43 Å². The molecule has 1 atom stereocenters. The molecule has 1 aromatic rings. The lowest BCUT2D eigenvalue weighted by Crippen LogP contribution is -2.44. The molecule has 0 bridgehead atoms. The summed E-state index contributed by atoms with van der Waals surface area (Å²) in [7, 11) is 0. The predicted molar refractivity (Wildman–Crippen MR) is 91.6 cm³/mol. The molecule has 0 radical (unpaired) electrons. The highest BCUT2D eigenvalue weighted by molar-refractivity contribution is 6.36. The molecule has 0 aliphatic heterocycles. The second-order valence-corrected chi connectivity index (χ2v) is 7.41. The fraction of sp³-hybridized carbons (Fsp3) is 0.647. The van der Waals surface area contributed by atoms with Crippen LogP contribution in [-0.2, 0) is 6.42 Å². The van der Waals surface area contributed by atoms with E-state index in [-0.39, 0.29) is 6.04 Å². The number of hydrazine groups is 1. The van der Waals surface area contributed by atoms with Crippen LogP contribution in [0.4, 0.5) is 0 Å². The molecule has 1 saturated carbocycles. The second kappa shape index (κ2) is 7.82. The maximum Gasteiger partial charge on any atom is 0.0453 e. The van der Waals surface area contributed by atoms with E-state index in [9.17, 15) is 0 Å². The molecule has 2 rings (SSSR count). The van der Waals surface area contributed by atoms with Gasteiger partial charge in [-0.3, -0.25) is 11.3 Å². The first-order valence-corrected chi connectivity index (χ1v) is 8.67. The monoisotopic (exact) mass is 328 g/mol. The van der Waals surface area contributed by atoms with Crippen LogP contribution in [0.5, 0.6) is 0 Å². The molecule has 21 heavy (non-hydrogen) atoms. The minimum atomic E-state index is 0.246. The third kappa shape index (κ3) is 4.35. The van der Waals surface area contributed by atoms with Crippen molar-refractivity contribution < 1.29 is 0 Å². The van der Waals surface area contributed by atoms with Crippen molar-refractivity contribution in [3.8, 4) is 0 Å². The molecular weight excluding hydrogens is 303 g/mol. The van der Waals surface area contributed by atoms with Gasteiger partial charge >= 0.3 is 0 Å². The molecule has 4 heteroatoms. The SMILES string of the molecule is CC(C)C1CCC(C(Cc2c(Cl)cccc2Cl)NN)CC1. The number of nitrogens with two attached hydrogens (primary N) is 1. The summed E-state index contributed by atoms with van der Waals surface area (Å²) in [5.41, 5.74) is 4.01. The maximum atomic E-state index is 6.28. The zero-order valence-corrected chi connectivity index (χ0v) is 14.4. The topological polar surface area (TPSA) is 38.0 Å². The Morgan fingerprint density at radius 2 is 1.62 bits per heavy atom. The summed E-state index contributed by atoms with van der Waals surface area (Å²) in [5, 5.41) is 1.47. The van der Waals surface area contributed by atoms with Crippen LogP contribution in [0, 0.1) is 17.8 Å². The van der Waals surface area contributed by atoms with Gasteiger partial charge in [0.05, 0.1) is 0 Å². The van der Waals surface area contributed by atoms with Crippen molar-refractivity contribution in [2.75, 3.05) is 0 Å². The molecule has 1 aliphatic carbocycles. The van der Waals surface area contributed by atoms with Gasteiger partial charge in [0.15, 0.2) is 0 Å². The minimum Gasteiger partial charge on any atom is -0.271 e. The Bertz CT molecular complexity index is 434. The first-order valence-electron chi connectivity index (χ1n) is 7.92. The van der Waals surface area contributed by atoms with Gasteiger partial charge in [-0.1, -0.05) is 43.1 Å². The van der Waals surface area contributed by atoms with E-state index in [2.05, 4.69) is 19.3 Å². The van der Waals surface area contributed by atoms with Crippen molar-refractivity contribution >= 4 is 23.2 Å². The number of rotatable bonds is 5. The van der Waals surface area contributed by atoms with E-state index in [1.54, 1.807) is 0 Å². The van der Waals surface area contributed by atoms with Gasteiger partial charge in [-0.15, -0.1) is 0 Å². The third-order valence-corrected chi connectivity index (χ3v) is 5.74. The standard InChI is InChI=1S/C17H26Cl2N2/c1-11(2)12-6-8-13(9-7-12)17(21-20)10-14-15(18)4-3-5-16(14)19/h3-5,11-13,17,21H,6-10,20H2,1-2H3. The van der Waals surface area contributed by atoms with Crippen LogP contribution < -0.4 is 11.3 Å². The van der Waals surface area contributed by atoms with E-state index < -0.39 is 0 Å². The van der Waals surface area contributed by atoms with E-state index in [1.807, 2.05) is 18.2 Å². The van der Waals surface area contributed by atoms with Gasteiger partial charge in [-0.05, 0) is 67.6 Å². The second-order valence-electron chi connectivity index (χ2n) is 6.60. The lowest BCUT2D eigenvalue weighted by molar-refractivity contribution is 0.188. The zero-order chi connectivity index (χ0) is 15.4. The molecule has 0 heterocycles. The molecule has 1 unspecified atom stereocenters. The normalized spacial score (nSPS) is 24.3. The lowest BCUT2D eigenvalue weighted by Gasteiger charge is -2.35. The lowest BCUT2D eigenvalue weighted by atomic mass is 9.74. The number of benzene rings is 1. The Morgan fingerprint density at radius 3 is 2.10 bits per heavy atom. The minimum absolute atomic E-state index is 0.246. The van der Waals surface area contributed by atoms with Gasteiger partial charge in [-0.2, -0.15) is 0 Å². The third-order valence-electron chi connectivity index (χ3n) is 5.03. The highest BCUT2D eigenvalue weighted by atomic mass is 35.5. The largest absolute Gasteiger partial charge is 0.271 e. The average molecular weight is 329 g/mol. The summed E-state index contributed by atoms with van der Waals surface area (Å²) >= 11 is 12.6. The summed E-state index contributed by atoms with van der Waals surface area (Å²) in [6, 6.07) is 5.92. The Morgan fingerprint density at radius 1 is 1.10 bits per heavy atom. The van der Waals surface area contributed by atoms with Crippen LogP contribution in [0.25, 0.3) is 0 Å². The number of hydrogen-bond donors (Lipinski definition) is 2. The molecule has 1 aliphatic rings. The van der Waals surface area contributed by atoms with Crippen molar-refractivity contribution in [1.29, 1.82) is 0 Å². The van der Waals surface area contributed by atoms with Gasteiger partial charge in [0, 0.05) is 16.1 Å². The Labute approximate surface area is 138 Å². The Balaban J connectivity index is 2.01. The molecule has 0 spiro atoms. The summed E-state index contributed by atoms with van der Waals surface area (Å²) < 4.78 is 0. The molecular formula is C17H26Cl2N2. The van der Waals surface area contributed by atoms with E-state index >= 15 is 0 Å². The van der Waals surface area contributed by atoms with Crippen molar-refractivity contribution in [2.24, 2.45) is 23.6 Å². The fourth-order valence-corrected chi connectivity index (χ4v) is 4.07. The van der Waals surface area contributed by atoms with Gasteiger partial charge in [0.25, 0.3) is 0 Å². The Kier molecular flexibility index (Phi) is 6.36. The van der Waals surface area contributed by atoms with Crippen LogP contribution in [0.1, 0.15) is 45.1 Å². The summed E-state index contributed by atoms with van der Waals surface area (Å²) in [4.78, 5) is 0. The Hall–Kier alpha value is -0.280. The molecule has 1 aromatic carbocycles. The number of halogens is 2. The van der Waals surface area contributed by atoms with Gasteiger partial charge < -0.3 is 0 Å². The molecule has 3 N–H and O–H groups in total. The average Bonchev–Trinajstić information content (AvgIpc) is 2.47. The highest BCUT2D eigenvalue weighted by Crippen LogP contribution is 2.36. The molecule has 2 nitrogen and oxygen atoms in total. The zero-order valence-electron chi connectivity index (χ0n) is 12.9. The van der Waals surface area contributed by atoms with E-state index in [0.29, 0.717) is 5.92 Å². The van der Waals surface area contributed by atoms with Gasteiger partial charge in [0.1, 0.15) is 0 Å². The van der Waals surface area contributed by atoms with E-state index in [1.165, 1.54) is 25.7 Å². The van der Waals surface area contributed by atoms with Crippen LogP contribution in [0.15, 0.2) is 18.2 Å². The highest BCUT2D eigenvalue weighted by Gasteiger charge is 2.29. The first-order chi connectivity index (χ1) is 10.0. The van der Waals surface area contributed by atoms with Crippen LogP contribution >= 0.6 is 23.2 Å². The van der Waals surface area contributed by atoms with E-state index in [0.717, 1.165) is 33.9 Å². The molecule has 0 amide bonds. The molecule has 118 valence electrons. The number of nitrogens with one attached hydrogen (secondary N) is 1. The first kappa shape index (κ1) is 17.1. The summed E-state index contributed by atoms with van der Waals surface area (Å²) in [6.45, 7) is 4.65. The quantitative estimate of drug-likeness (QED) is 0.600. The van der Waals surface area contributed by atoms with Gasteiger partial charge in [0.2, 0.25) is 0 Å². The molecule has 0 aromatic heterocycles. The fourth-order valence-electron chi connectivity index (χ4n) is 3.52. The smallest absolute Gasteiger partial charge is 0.0453 e. The van der Waals surface area contributed by atoms with Crippen molar-refractivity contribution in [2.45, 2.75) is 52.0 Å². The molecule has 1 fully saturated rings.